The highest BCUT2D eigenvalue weighted by Crippen LogP contribution is 2.32. The van der Waals surface area contributed by atoms with Gasteiger partial charge >= 0.3 is 0 Å². The Hall–Kier alpha value is -1.22. The lowest BCUT2D eigenvalue weighted by Gasteiger charge is -2.31. The van der Waals surface area contributed by atoms with E-state index in [0.29, 0.717) is 19.0 Å². The van der Waals surface area contributed by atoms with E-state index < -0.39 is 14.9 Å². The first-order chi connectivity index (χ1) is 11.3. The zero-order chi connectivity index (χ0) is 17.9. The maximum absolute atomic E-state index is 12.8. The number of piperidine rings is 1. The third-order valence-corrected chi connectivity index (χ3v) is 6.77. The van der Waals surface area contributed by atoms with Crippen LogP contribution in [0.1, 0.15) is 24.8 Å². The van der Waals surface area contributed by atoms with Crippen LogP contribution in [0.5, 0.6) is 0 Å². The average molecular weight is 376 g/mol. The summed E-state index contributed by atoms with van der Waals surface area (Å²) in [5.41, 5.74) is -0.00336. The Morgan fingerprint density at radius 3 is 2.54 bits per heavy atom. The van der Waals surface area contributed by atoms with Crippen molar-refractivity contribution in [1.82, 2.24) is 9.62 Å². The van der Waals surface area contributed by atoms with Crippen molar-refractivity contribution in [3.05, 3.63) is 32.8 Å². The summed E-state index contributed by atoms with van der Waals surface area (Å²) in [5, 5.41) is 14.3. The molecule has 9 heteroatoms. The van der Waals surface area contributed by atoms with E-state index >= 15 is 0 Å². The highest BCUT2D eigenvalue weighted by atomic mass is 35.5. The molecule has 0 unspecified atom stereocenters. The number of halogens is 1. The molecule has 1 aliphatic rings. The molecular formula is C15H22ClN3O4S. The number of nitrogens with zero attached hydrogens (tertiary/aromatic N) is 2. The molecule has 0 aliphatic carbocycles. The number of sulfonamides is 1. The monoisotopic (exact) mass is 375 g/mol. The average Bonchev–Trinajstić information content (AvgIpc) is 2.55. The topological polar surface area (TPSA) is 92.6 Å². The van der Waals surface area contributed by atoms with Gasteiger partial charge in [-0.25, -0.2) is 8.42 Å². The van der Waals surface area contributed by atoms with Crippen LogP contribution in [0.2, 0.25) is 5.02 Å². The van der Waals surface area contributed by atoms with Crippen LogP contribution in [0.15, 0.2) is 17.0 Å². The van der Waals surface area contributed by atoms with Gasteiger partial charge in [0.25, 0.3) is 5.69 Å². The fourth-order valence-corrected chi connectivity index (χ4v) is 4.71. The fraction of sp³-hybridized carbons (Fsp3) is 0.600. The highest BCUT2D eigenvalue weighted by Gasteiger charge is 2.31. The summed E-state index contributed by atoms with van der Waals surface area (Å²) in [6, 6.07) is 2.40. The Labute approximate surface area is 147 Å². The molecule has 0 aromatic heterocycles. The van der Waals surface area contributed by atoms with Gasteiger partial charge in [-0.3, -0.25) is 10.1 Å². The number of nitrogens with one attached hydrogen (secondary N) is 1. The maximum atomic E-state index is 12.8. The van der Waals surface area contributed by atoms with E-state index in [4.69, 9.17) is 11.6 Å². The number of nitro benzene ring substituents is 1. The smallest absolute Gasteiger partial charge is 0.275 e. The quantitative estimate of drug-likeness (QED) is 0.609. The van der Waals surface area contributed by atoms with Crippen LogP contribution in [0.25, 0.3) is 0 Å². The number of rotatable bonds is 6. The molecule has 0 amide bonds. The molecule has 1 aromatic carbocycles. The lowest BCUT2D eigenvalue weighted by atomic mass is 9.95. The third-order valence-electron chi connectivity index (χ3n) is 4.50. The molecule has 7 nitrogen and oxygen atoms in total. The predicted octanol–water partition coefficient (Wildman–Crippen LogP) is 2.57. The van der Waals surface area contributed by atoms with Crippen molar-refractivity contribution < 1.29 is 13.3 Å². The number of hydrogen-bond donors (Lipinski definition) is 1. The van der Waals surface area contributed by atoms with Crippen LogP contribution in [-0.4, -0.2) is 44.3 Å². The van der Waals surface area contributed by atoms with Crippen LogP contribution in [0.3, 0.4) is 0 Å². The molecule has 1 aliphatic heterocycles. The zero-order valence-corrected chi connectivity index (χ0v) is 15.4. The van der Waals surface area contributed by atoms with Crippen molar-refractivity contribution in [2.75, 3.05) is 26.7 Å². The number of hydrogen-bond acceptors (Lipinski definition) is 5. The summed E-state index contributed by atoms with van der Waals surface area (Å²) in [6.45, 7) is 3.27. The SMILES string of the molecule is CNCCC1CCN(S(=O)(=O)c2cc(Cl)c(C)c([N+](=O)[O-])c2)CC1. The van der Waals surface area contributed by atoms with Gasteiger partial charge < -0.3 is 5.32 Å². The van der Waals surface area contributed by atoms with Crippen molar-refractivity contribution in [2.24, 2.45) is 5.92 Å². The van der Waals surface area contributed by atoms with Crippen molar-refractivity contribution in [1.29, 1.82) is 0 Å². The van der Waals surface area contributed by atoms with Crippen LogP contribution in [-0.2, 0) is 10.0 Å². The zero-order valence-electron chi connectivity index (χ0n) is 13.8. The minimum absolute atomic E-state index is 0.0895. The van der Waals surface area contributed by atoms with Crippen molar-refractivity contribution in [3.8, 4) is 0 Å². The molecule has 0 bridgehead atoms. The van der Waals surface area contributed by atoms with E-state index in [0.717, 1.165) is 31.9 Å². The first kappa shape index (κ1) is 19.1. The van der Waals surface area contributed by atoms with Crippen molar-refractivity contribution >= 4 is 27.3 Å². The standard InChI is InChI=1S/C15H22ClN3O4S/c1-11-14(16)9-13(10-15(11)19(20)21)24(22,23)18-7-4-12(5-8-18)3-6-17-2/h9-10,12,17H,3-8H2,1-2H3. The molecule has 0 radical (unpaired) electrons. The second kappa shape index (κ2) is 7.77. The Morgan fingerprint density at radius 2 is 2.00 bits per heavy atom. The van der Waals surface area contributed by atoms with Gasteiger partial charge in [-0.2, -0.15) is 4.31 Å². The molecule has 0 saturated carbocycles. The Kier molecular flexibility index (Phi) is 6.19. The Balaban J connectivity index is 2.21. The van der Waals surface area contributed by atoms with E-state index in [2.05, 4.69) is 5.32 Å². The summed E-state index contributed by atoms with van der Waals surface area (Å²) >= 11 is 5.99. The molecule has 1 fully saturated rings. The van der Waals surface area contributed by atoms with E-state index in [-0.39, 0.29) is 21.2 Å². The first-order valence-electron chi connectivity index (χ1n) is 7.86. The van der Waals surface area contributed by atoms with Gasteiger partial charge in [0.2, 0.25) is 10.0 Å². The molecule has 1 heterocycles. The van der Waals surface area contributed by atoms with E-state index in [1.165, 1.54) is 17.3 Å². The Morgan fingerprint density at radius 1 is 1.38 bits per heavy atom. The summed E-state index contributed by atoms with van der Waals surface area (Å²) in [7, 11) is -1.88. The molecule has 1 N–H and O–H groups in total. The number of benzene rings is 1. The van der Waals surface area contributed by atoms with Crippen LogP contribution in [0.4, 0.5) is 5.69 Å². The first-order valence-corrected chi connectivity index (χ1v) is 9.68. The second-order valence-corrected chi connectivity index (χ2v) is 8.39. The second-order valence-electron chi connectivity index (χ2n) is 6.05. The predicted molar refractivity (Wildman–Crippen MR) is 92.9 cm³/mol. The molecule has 1 aromatic rings. The van der Waals surface area contributed by atoms with Gasteiger partial charge in [-0.15, -0.1) is 0 Å². The van der Waals surface area contributed by atoms with E-state index in [9.17, 15) is 18.5 Å². The fourth-order valence-electron chi connectivity index (χ4n) is 2.91. The number of nitro groups is 1. The lowest BCUT2D eigenvalue weighted by molar-refractivity contribution is -0.385. The van der Waals surface area contributed by atoms with Crippen molar-refractivity contribution in [2.45, 2.75) is 31.1 Å². The summed E-state index contributed by atoms with van der Waals surface area (Å²) in [6.07, 6.45) is 2.61. The Bertz CT molecular complexity index is 716. The summed E-state index contributed by atoms with van der Waals surface area (Å²) < 4.78 is 27.0. The molecule has 134 valence electrons. The van der Waals surface area contributed by atoms with Crippen LogP contribution >= 0.6 is 11.6 Å². The minimum Gasteiger partial charge on any atom is -0.320 e. The molecule has 0 atom stereocenters. The molecule has 0 spiro atoms. The van der Waals surface area contributed by atoms with Gasteiger partial charge in [0.15, 0.2) is 0 Å². The van der Waals surface area contributed by atoms with Gasteiger partial charge in [0, 0.05) is 24.7 Å². The van der Waals surface area contributed by atoms with Crippen molar-refractivity contribution in [3.63, 3.8) is 0 Å². The summed E-state index contributed by atoms with van der Waals surface area (Å²) in [4.78, 5) is 10.4. The van der Waals surface area contributed by atoms with Gasteiger partial charge in [-0.05, 0) is 51.8 Å². The van der Waals surface area contributed by atoms with Crippen LogP contribution < -0.4 is 5.32 Å². The largest absolute Gasteiger partial charge is 0.320 e. The maximum Gasteiger partial charge on any atom is 0.275 e. The van der Waals surface area contributed by atoms with Gasteiger partial charge in [0.1, 0.15) is 0 Å². The molecule has 1 saturated heterocycles. The molecular weight excluding hydrogens is 354 g/mol. The summed E-state index contributed by atoms with van der Waals surface area (Å²) in [5.74, 6) is 0.500. The third kappa shape index (κ3) is 4.05. The van der Waals surface area contributed by atoms with E-state index in [1.54, 1.807) is 0 Å². The minimum atomic E-state index is -3.77. The van der Waals surface area contributed by atoms with Gasteiger partial charge in [-0.1, -0.05) is 11.6 Å². The normalized spacial score (nSPS) is 17.1. The van der Waals surface area contributed by atoms with E-state index in [1.807, 2.05) is 7.05 Å². The van der Waals surface area contributed by atoms with Crippen LogP contribution in [0, 0.1) is 23.0 Å². The highest BCUT2D eigenvalue weighted by molar-refractivity contribution is 7.89. The lowest BCUT2D eigenvalue weighted by Crippen LogP contribution is -2.39. The van der Waals surface area contributed by atoms with Gasteiger partial charge in [0.05, 0.1) is 14.8 Å². The molecule has 2 rings (SSSR count). The molecule has 24 heavy (non-hydrogen) atoms.